The first-order valence-electron chi connectivity index (χ1n) is 8.87. The number of carbonyl (C=O) groups excluding carboxylic acids is 1. The molecule has 0 saturated carbocycles. The number of hydrogen-bond donors (Lipinski definition) is 1. The van der Waals surface area contributed by atoms with E-state index < -0.39 is 0 Å². The van der Waals surface area contributed by atoms with E-state index in [1.165, 1.54) is 12.1 Å². The highest BCUT2D eigenvalue weighted by Crippen LogP contribution is 2.20. The van der Waals surface area contributed by atoms with Crippen LogP contribution >= 0.6 is 15.9 Å². The zero-order valence-corrected chi connectivity index (χ0v) is 17.6. The van der Waals surface area contributed by atoms with Crippen molar-refractivity contribution >= 4 is 21.8 Å². The summed E-state index contributed by atoms with van der Waals surface area (Å²) in [7, 11) is 3.80. The minimum absolute atomic E-state index is 0.138. The van der Waals surface area contributed by atoms with E-state index in [1.54, 1.807) is 16.9 Å². The normalized spacial score (nSPS) is 12.2. The molecule has 0 aliphatic carbocycles. The number of likely N-dealkylation sites (N-methyl/N-ethyl adjacent to an activating group) is 1. The van der Waals surface area contributed by atoms with Gasteiger partial charge >= 0.3 is 0 Å². The molecule has 0 saturated heterocycles. The van der Waals surface area contributed by atoms with Crippen LogP contribution in [0.3, 0.4) is 0 Å². The largest absolute Gasteiger partial charge is 0.350 e. The number of halogens is 2. The first-order chi connectivity index (χ1) is 13.4. The van der Waals surface area contributed by atoms with Gasteiger partial charge in [-0.15, -0.1) is 0 Å². The second-order valence-corrected chi connectivity index (χ2v) is 7.69. The Bertz CT molecular complexity index is 969. The van der Waals surface area contributed by atoms with E-state index in [9.17, 15) is 9.18 Å². The summed E-state index contributed by atoms with van der Waals surface area (Å²) in [5.41, 5.74) is 2.96. The molecule has 1 amide bonds. The van der Waals surface area contributed by atoms with Crippen LogP contribution in [0.1, 0.15) is 27.7 Å². The molecule has 1 unspecified atom stereocenters. The van der Waals surface area contributed by atoms with Gasteiger partial charge in [0.05, 0.1) is 29.2 Å². The number of amides is 1. The van der Waals surface area contributed by atoms with E-state index >= 15 is 0 Å². The molecule has 3 aromatic rings. The van der Waals surface area contributed by atoms with Crippen molar-refractivity contribution in [2.24, 2.45) is 0 Å². The van der Waals surface area contributed by atoms with Gasteiger partial charge < -0.3 is 10.2 Å². The predicted molar refractivity (Wildman–Crippen MR) is 111 cm³/mol. The third-order valence-corrected chi connectivity index (χ3v) is 5.17. The molecule has 0 aliphatic rings. The van der Waals surface area contributed by atoms with Crippen molar-refractivity contribution in [3.8, 4) is 5.69 Å². The van der Waals surface area contributed by atoms with Crippen LogP contribution in [-0.2, 0) is 0 Å². The first-order valence-corrected chi connectivity index (χ1v) is 9.67. The van der Waals surface area contributed by atoms with E-state index in [2.05, 4.69) is 26.3 Å². The maximum absolute atomic E-state index is 13.6. The number of aromatic nitrogens is 2. The van der Waals surface area contributed by atoms with Gasteiger partial charge in [0.1, 0.15) is 5.82 Å². The summed E-state index contributed by atoms with van der Waals surface area (Å²) in [6, 6.07) is 14.0. The molecule has 2 aromatic carbocycles. The summed E-state index contributed by atoms with van der Waals surface area (Å²) >= 11 is 3.41. The summed E-state index contributed by atoms with van der Waals surface area (Å²) in [4.78, 5) is 14.7. The summed E-state index contributed by atoms with van der Waals surface area (Å²) in [6.45, 7) is 2.22. The molecule has 0 fully saturated rings. The molecule has 0 radical (unpaired) electrons. The van der Waals surface area contributed by atoms with Crippen LogP contribution in [0, 0.1) is 12.7 Å². The maximum Gasteiger partial charge on any atom is 0.254 e. The smallest absolute Gasteiger partial charge is 0.254 e. The topological polar surface area (TPSA) is 50.2 Å². The summed E-state index contributed by atoms with van der Waals surface area (Å²) < 4.78 is 16.3. The minimum atomic E-state index is -0.290. The van der Waals surface area contributed by atoms with E-state index in [4.69, 9.17) is 0 Å². The minimum Gasteiger partial charge on any atom is -0.350 e. The fraction of sp³-hybridized carbons (Fsp3) is 0.238. The molecular weight excluding hydrogens is 423 g/mol. The van der Waals surface area contributed by atoms with E-state index in [0.29, 0.717) is 12.1 Å². The van der Waals surface area contributed by atoms with Gasteiger partial charge in [-0.3, -0.25) is 4.79 Å². The predicted octanol–water partition coefficient (Wildman–Crippen LogP) is 4.12. The third kappa shape index (κ3) is 4.48. The van der Waals surface area contributed by atoms with E-state index in [1.807, 2.05) is 56.3 Å². The highest BCUT2D eigenvalue weighted by atomic mass is 79.9. The Morgan fingerprint density at radius 3 is 2.61 bits per heavy atom. The number of carbonyl (C=O) groups is 1. The van der Waals surface area contributed by atoms with E-state index in [-0.39, 0.29) is 17.8 Å². The molecule has 0 spiro atoms. The van der Waals surface area contributed by atoms with Crippen LogP contribution < -0.4 is 5.32 Å². The number of rotatable bonds is 6. The van der Waals surface area contributed by atoms with Crippen molar-refractivity contribution in [1.29, 1.82) is 0 Å². The van der Waals surface area contributed by atoms with Gasteiger partial charge in [0.25, 0.3) is 5.91 Å². The van der Waals surface area contributed by atoms with Crippen molar-refractivity contribution < 1.29 is 9.18 Å². The van der Waals surface area contributed by atoms with Crippen molar-refractivity contribution in [2.75, 3.05) is 20.6 Å². The summed E-state index contributed by atoms with van der Waals surface area (Å²) in [5.74, 6) is -0.494. The van der Waals surface area contributed by atoms with Crippen LogP contribution in [0.2, 0.25) is 0 Å². The van der Waals surface area contributed by atoms with Crippen LogP contribution in [0.5, 0.6) is 0 Å². The van der Waals surface area contributed by atoms with Crippen molar-refractivity contribution in [3.05, 3.63) is 81.8 Å². The monoisotopic (exact) mass is 444 g/mol. The van der Waals surface area contributed by atoms with E-state index in [0.717, 1.165) is 21.4 Å². The molecule has 5 nitrogen and oxygen atoms in total. The molecule has 3 rings (SSSR count). The molecule has 1 atom stereocenters. The second kappa shape index (κ2) is 8.67. The average molecular weight is 445 g/mol. The molecule has 0 aliphatic heterocycles. The highest BCUT2D eigenvalue weighted by Gasteiger charge is 2.19. The van der Waals surface area contributed by atoms with Gasteiger partial charge in [-0.25, -0.2) is 9.07 Å². The lowest BCUT2D eigenvalue weighted by Crippen LogP contribution is -2.34. The zero-order valence-electron chi connectivity index (χ0n) is 16.0. The Morgan fingerprint density at radius 1 is 1.25 bits per heavy atom. The number of hydrogen-bond acceptors (Lipinski definition) is 3. The van der Waals surface area contributed by atoms with Crippen molar-refractivity contribution in [2.45, 2.75) is 13.0 Å². The molecular formula is C21H22BrFN4O. The average Bonchev–Trinajstić information content (AvgIpc) is 3.04. The Labute approximate surface area is 172 Å². The van der Waals surface area contributed by atoms with Gasteiger partial charge in [-0.1, -0.05) is 28.1 Å². The fourth-order valence-electron chi connectivity index (χ4n) is 3.07. The van der Waals surface area contributed by atoms with Gasteiger partial charge in [0.2, 0.25) is 0 Å². The number of nitrogens with zero attached hydrogens (tertiary/aromatic N) is 3. The molecule has 1 heterocycles. The van der Waals surface area contributed by atoms with Gasteiger partial charge in [0, 0.05) is 11.0 Å². The first kappa shape index (κ1) is 20.2. The number of nitrogens with one attached hydrogen (secondary N) is 1. The maximum atomic E-state index is 13.6. The van der Waals surface area contributed by atoms with Crippen LogP contribution in [-0.4, -0.2) is 41.2 Å². The Kier molecular flexibility index (Phi) is 6.26. The van der Waals surface area contributed by atoms with Crippen molar-refractivity contribution in [1.82, 2.24) is 20.0 Å². The summed E-state index contributed by atoms with van der Waals surface area (Å²) in [6.07, 6.45) is 1.57. The molecule has 146 valence electrons. The Morgan fingerprint density at radius 2 is 1.96 bits per heavy atom. The fourth-order valence-corrected chi connectivity index (χ4v) is 3.34. The summed E-state index contributed by atoms with van der Waals surface area (Å²) in [5, 5.41) is 7.30. The molecule has 1 aromatic heterocycles. The zero-order chi connectivity index (χ0) is 20.3. The molecule has 0 bridgehead atoms. The molecule has 28 heavy (non-hydrogen) atoms. The molecule has 7 heteroatoms. The number of benzene rings is 2. The highest BCUT2D eigenvalue weighted by molar-refractivity contribution is 9.10. The van der Waals surface area contributed by atoms with Gasteiger partial charge in [-0.05, 0) is 63.0 Å². The lowest BCUT2D eigenvalue weighted by molar-refractivity contribution is 0.0941. The SMILES string of the molecule is Cc1c(C(=O)NCC(c2cccc(F)c2)N(C)C)cnn1-c1ccc(Br)cc1. The Balaban J connectivity index is 1.75. The third-order valence-electron chi connectivity index (χ3n) is 4.64. The van der Waals surface area contributed by atoms with Crippen LogP contribution in [0.25, 0.3) is 5.69 Å². The standard InChI is InChI=1S/C21H22BrFN4O/c1-14-19(12-25-27(14)18-9-7-16(22)8-10-18)21(28)24-13-20(26(2)3)15-5-4-6-17(23)11-15/h4-12,20H,13H2,1-3H3,(H,24,28). The van der Waals surface area contributed by atoms with Crippen molar-refractivity contribution in [3.63, 3.8) is 0 Å². The lowest BCUT2D eigenvalue weighted by Gasteiger charge is -2.25. The van der Waals surface area contributed by atoms with Gasteiger partial charge in [0.15, 0.2) is 0 Å². The van der Waals surface area contributed by atoms with Crippen LogP contribution in [0.4, 0.5) is 4.39 Å². The second-order valence-electron chi connectivity index (χ2n) is 6.78. The quantitative estimate of drug-likeness (QED) is 0.621. The lowest BCUT2D eigenvalue weighted by atomic mass is 10.1. The van der Waals surface area contributed by atoms with Gasteiger partial charge in [-0.2, -0.15) is 5.10 Å². The molecule has 1 N–H and O–H groups in total. The Hall–Kier alpha value is -2.51. The van der Waals surface area contributed by atoms with Crippen LogP contribution in [0.15, 0.2) is 59.2 Å².